The predicted molar refractivity (Wildman–Crippen MR) is 55.9 cm³/mol. The lowest BCUT2D eigenvalue weighted by molar-refractivity contribution is -0.175. The molecule has 2 rings (SSSR count). The predicted octanol–water partition coefficient (Wildman–Crippen LogP) is 2.26. The zero-order valence-electron chi connectivity index (χ0n) is 9.86. The minimum atomic E-state index is -4.03. The van der Waals surface area contributed by atoms with Crippen molar-refractivity contribution in [1.82, 2.24) is 10.2 Å². The van der Waals surface area contributed by atoms with Gasteiger partial charge in [0.1, 0.15) is 0 Å². The zero-order valence-corrected chi connectivity index (χ0v) is 9.86. The van der Waals surface area contributed by atoms with Gasteiger partial charge in [-0.3, -0.25) is 4.90 Å². The number of alkyl halides is 3. The molecule has 0 radical (unpaired) electrons. The molecule has 2 heterocycles. The standard InChI is InChI=1S/C6H9F3N2.2C2H6/c7-6(8,9)3-11-2-4-5(11)1-10-4;2*1-2/h4-5,10H,1-3H2;2*1-2H3. The first-order chi connectivity index (χ1) is 7.06. The Morgan fingerprint density at radius 1 is 1.20 bits per heavy atom. The summed E-state index contributed by atoms with van der Waals surface area (Å²) in [6, 6.07) is 0.508. The summed E-state index contributed by atoms with van der Waals surface area (Å²) in [5, 5.41) is 3.05. The molecule has 0 aromatic rings. The van der Waals surface area contributed by atoms with Crippen molar-refractivity contribution in [3.05, 3.63) is 0 Å². The molecule has 15 heavy (non-hydrogen) atoms. The molecule has 0 saturated carbocycles. The summed E-state index contributed by atoms with van der Waals surface area (Å²) in [5.74, 6) is 0. The van der Waals surface area contributed by atoms with E-state index in [1.807, 2.05) is 27.7 Å². The summed E-state index contributed by atoms with van der Waals surface area (Å²) in [6.45, 7) is 8.54. The molecule has 2 fully saturated rings. The fraction of sp³-hybridized carbons (Fsp3) is 1.00. The monoisotopic (exact) mass is 226 g/mol. The Morgan fingerprint density at radius 3 is 1.93 bits per heavy atom. The van der Waals surface area contributed by atoms with E-state index in [-0.39, 0.29) is 6.04 Å². The molecule has 2 unspecified atom stereocenters. The number of fused-ring (bicyclic) bond motifs is 1. The zero-order chi connectivity index (χ0) is 12.1. The number of nitrogens with one attached hydrogen (secondary N) is 1. The van der Waals surface area contributed by atoms with Gasteiger partial charge in [-0.15, -0.1) is 0 Å². The molecular weight excluding hydrogens is 205 g/mol. The van der Waals surface area contributed by atoms with Crippen LogP contribution in [0.15, 0.2) is 0 Å². The molecule has 1 N–H and O–H groups in total. The van der Waals surface area contributed by atoms with Crippen LogP contribution in [0.25, 0.3) is 0 Å². The van der Waals surface area contributed by atoms with Crippen molar-refractivity contribution in [3.8, 4) is 0 Å². The SMILES string of the molecule is CC.CC.FC(F)(F)CN1CC2NCC21. The quantitative estimate of drug-likeness (QED) is 0.737. The summed E-state index contributed by atoms with van der Waals surface area (Å²) in [6.07, 6.45) is -4.03. The van der Waals surface area contributed by atoms with E-state index in [9.17, 15) is 13.2 Å². The molecule has 92 valence electrons. The third-order valence-electron chi connectivity index (χ3n) is 2.34. The van der Waals surface area contributed by atoms with E-state index in [0.717, 1.165) is 6.54 Å². The van der Waals surface area contributed by atoms with Crippen molar-refractivity contribution >= 4 is 0 Å². The largest absolute Gasteiger partial charge is 0.401 e. The highest BCUT2D eigenvalue weighted by Crippen LogP contribution is 2.28. The van der Waals surface area contributed by atoms with Crippen LogP contribution in [-0.2, 0) is 0 Å². The Hall–Kier alpha value is -0.290. The van der Waals surface area contributed by atoms with Crippen LogP contribution in [0.4, 0.5) is 13.2 Å². The number of nitrogens with zero attached hydrogens (tertiary/aromatic N) is 1. The maximum absolute atomic E-state index is 11.8. The fourth-order valence-electron chi connectivity index (χ4n) is 1.62. The van der Waals surface area contributed by atoms with Crippen molar-refractivity contribution < 1.29 is 13.2 Å². The van der Waals surface area contributed by atoms with Gasteiger partial charge in [-0.25, -0.2) is 0 Å². The Morgan fingerprint density at radius 2 is 1.73 bits per heavy atom. The molecule has 0 amide bonds. The van der Waals surface area contributed by atoms with E-state index < -0.39 is 12.7 Å². The van der Waals surface area contributed by atoms with Crippen molar-refractivity contribution in [2.45, 2.75) is 46.0 Å². The molecule has 5 heteroatoms. The second kappa shape index (κ2) is 6.33. The lowest BCUT2D eigenvalue weighted by Crippen LogP contribution is -2.78. The highest BCUT2D eigenvalue weighted by atomic mass is 19.4. The van der Waals surface area contributed by atoms with Gasteiger partial charge in [0.25, 0.3) is 0 Å². The van der Waals surface area contributed by atoms with E-state index in [1.54, 1.807) is 0 Å². The Balaban J connectivity index is 0.000000442. The molecule has 0 bridgehead atoms. The summed E-state index contributed by atoms with van der Waals surface area (Å²) in [5.41, 5.74) is 0. The van der Waals surface area contributed by atoms with Crippen molar-refractivity contribution in [3.63, 3.8) is 0 Å². The topological polar surface area (TPSA) is 15.3 Å². The van der Waals surface area contributed by atoms with E-state index >= 15 is 0 Å². The van der Waals surface area contributed by atoms with Crippen molar-refractivity contribution in [2.24, 2.45) is 0 Å². The number of likely N-dealkylation sites (tertiary alicyclic amines) is 1. The lowest BCUT2D eigenvalue weighted by atomic mass is 9.89. The van der Waals surface area contributed by atoms with Crippen molar-refractivity contribution in [1.29, 1.82) is 0 Å². The molecule has 2 saturated heterocycles. The molecule has 0 aromatic heterocycles. The second-order valence-corrected chi connectivity index (χ2v) is 3.13. The fourth-order valence-corrected chi connectivity index (χ4v) is 1.62. The van der Waals surface area contributed by atoms with Crippen LogP contribution in [0.3, 0.4) is 0 Å². The van der Waals surface area contributed by atoms with Crippen LogP contribution in [0, 0.1) is 0 Å². The highest BCUT2D eigenvalue weighted by molar-refractivity contribution is 5.06. The maximum atomic E-state index is 11.8. The number of hydrogen-bond acceptors (Lipinski definition) is 2. The first kappa shape index (κ1) is 14.7. The number of piperazine rings is 1. The molecule has 2 aliphatic heterocycles. The molecule has 0 aliphatic carbocycles. The Bertz CT molecular complexity index is 171. The van der Waals surface area contributed by atoms with Gasteiger partial charge in [-0.05, 0) is 0 Å². The average Bonchev–Trinajstić information content (AvgIpc) is 2.17. The smallest absolute Gasteiger partial charge is 0.310 e. The Kier molecular flexibility index (Phi) is 6.20. The first-order valence-electron chi connectivity index (χ1n) is 5.60. The van der Waals surface area contributed by atoms with Crippen LogP contribution in [0.1, 0.15) is 27.7 Å². The van der Waals surface area contributed by atoms with Gasteiger partial charge in [0.15, 0.2) is 0 Å². The van der Waals surface area contributed by atoms with Gasteiger partial charge in [-0.1, -0.05) is 27.7 Å². The lowest BCUT2D eigenvalue weighted by Gasteiger charge is -2.56. The van der Waals surface area contributed by atoms with Crippen LogP contribution in [-0.4, -0.2) is 42.8 Å². The maximum Gasteiger partial charge on any atom is 0.401 e. The summed E-state index contributed by atoms with van der Waals surface area (Å²) < 4.78 is 35.4. The van der Waals surface area contributed by atoms with Gasteiger partial charge in [0.2, 0.25) is 0 Å². The van der Waals surface area contributed by atoms with Gasteiger partial charge in [0.05, 0.1) is 6.54 Å². The molecule has 0 spiro atoms. The number of halogens is 3. The van der Waals surface area contributed by atoms with Crippen LogP contribution >= 0.6 is 0 Å². The summed E-state index contributed by atoms with van der Waals surface area (Å²) >= 11 is 0. The van der Waals surface area contributed by atoms with Gasteiger partial charge < -0.3 is 5.32 Å². The van der Waals surface area contributed by atoms with E-state index in [4.69, 9.17) is 0 Å². The minimum Gasteiger partial charge on any atom is -0.310 e. The van der Waals surface area contributed by atoms with E-state index in [1.165, 1.54) is 4.90 Å². The summed E-state index contributed by atoms with van der Waals surface area (Å²) in [4.78, 5) is 1.47. The number of hydrogen-bond donors (Lipinski definition) is 1. The van der Waals surface area contributed by atoms with Crippen LogP contribution in [0.2, 0.25) is 0 Å². The molecular formula is C10H21F3N2. The average molecular weight is 226 g/mol. The van der Waals surface area contributed by atoms with Crippen LogP contribution < -0.4 is 5.32 Å². The minimum absolute atomic E-state index is 0.164. The third-order valence-corrected chi connectivity index (χ3v) is 2.34. The highest BCUT2D eigenvalue weighted by Gasteiger charge is 2.48. The third kappa shape index (κ3) is 3.99. The van der Waals surface area contributed by atoms with E-state index in [2.05, 4.69) is 5.32 Å². The Labute approximate surface area is 89.8 Å². The normalized spacial score (nSPS) is 28.2. The molecule has 2 aliphatic rings. The van der Waals surface area contributed by atoms with Gasteiger partial charge in [-0.2, -0.15) is 13.2 Å². The van der Waals surface area contributed by atoms with Gasteiger partial charge >= 0.3 is 6.18 Å². The molecule has 0 aromatic carbocycles. The van der Waals surface area contributed by atoms with E-state index in [0.29, 0.717) is 12.6 Å². The molecule has 2 nitrogen and oxygen atoms in total. The molecule has 2 atom stereocenters. The summed E-state index contributed by atoms with van der Waals surface area (Å²) in [7, 11) is 0. The van der Waals surface area contributed by atoms with Gasteiger partial charge in [0, 0.05) is 25.2 Å². The second-order valence-electron chi connectivity index (χ2n) is 3.13. The number of rotatable bonds is 1. The van der Waals surface area contributed by atoms with Crippen LogP contribution in [0.5, 0.6) is 0 Å². The first-order valence-corrected chi connectivity index (χ1v) is 5.60. The van der Waals surface area contributed by atoms with Crippen molar-refractivity contribution in [2.75, 3.05) is 19.6 Å².